The van der Waals surface area contributed by atoms with Crippen LogP contribution < -0.4 is 4.74 Å². The molecule has 2 fully saturated rings. The monoisotopic (exact) mass is 332 g/mol. The van der Waals surface area contributed by atoms with Gasteiger partial charge in [0.05, 0.1) is 19.3 Å². The molecule has 1 N–H and O–H groups in total. The minimum absolute atomic E-state index is 0.0675. The van der Waals surface area contributed by atoms with Crippen LogP contribution in [0.1, 0.15) is 30.6 Å². The topological polar surface area (TPSA) is 79.7 Å². The molecule has 0 amide bonds. The second kappa shape index (κ2) is 5.83. The largest absolute Gasteiger partial charge is 0.480 e. The zero-order valence-corrected chi connectivity index (χ0v) is 13.6. The van der Waals surface area contributed by atoms with E-state index in [-0.39, 0.29) is 11.8 Å². The van der Waals surface area contributed by atoms with Crippen LogP contribution in [0.4, 0.5) is 0 Å². The summed E-state index contributed by atoms with van der Waals surface area (Å²) in [6.45, 7) is 0.519. The Kier molecular flexibility index (Phi) is 4.22. The summed E-state index contributed by atoms with van der Waals surface area (Å²) in [6.07, 6.45) is 2.86. The molecule has 1 aliphatic heterocycles. The molecule has 118 valence electrons. The van der Waals surface area contributed by atoms with E-state index in [1.807, 2.05) is 0 Å². The van der Waals surface area contributed by atoms with Gasteiger partial charge in [0, 0.05) is 17.5 Å². The second-order valence-corrected chi connectivity index (χ2v) is 8.62. The van der Waals surface area contributed by atoms with E-state index in [1.54, 1.807) is 6.07 Å². The highest BCUT2D eigenvalue weighted by atomic mass is 32.2. The van der Waals surface area contributed by atoms with Gasteiger partial charge in [-0.2, -0.15) is 8.68 Å². The smallest absolute Gasteiger partial charge is 0.225 e. The Balaban J connectivity index is 1.77. The van der Waals surface area contributed by atoms with E-state index in [1.165, 1.54) is 11.4 Å². The standard InChI is InChI=1S/C13H20N2O4S2/c1-19-13-7-10(20-14-13)8-21(17,18)15-5-4-9-2-3-12(16)11(15)6-9/h7,9,11-12,16H,2-6,8H2,1H3. The molecule has 0 radical (unpaired) electrons. The number of ether oxygens (including phenoxy) is 1. The lowest BCUT2D eigenvalue weighted by Crippen LogP contribution is -2.54. The molecule has 1 aliphatic carbocycles. The fourth-order valence-corrected chi connectivity index (χ4v) is 6.11. The lowest BCUT2D eigenvalue weighted by atomic mass is 9.79. The van der Waals surface area contributed by atoms with Crippen molar-refractivity contribution in [1.82, 2.24) is 8.68 Å². The van der Waals surface area contributed by atoms with Crippen LogP contribution in [0.3, 0.4) is 0 Å². The second-order valence-electron chi connectivity index (χ2n) is 5.80. The number of aliphatic hydroxyl groups excluding tert-OH is 1. The summed E-state index contributed by atoms with van der Waals surface area (Å²) in [5.74, 6) is 0.942. The summed E-state index contributed by atoms with van der Waals surface area (Å²) < 4.78 is 35.8. The van der Waals surface area contributed by atoms with Crippen molar-refractivity contribution in [2.24, 2.45) is 5.92 Å². The van der Waals surface area contributed by atoms with Crippen molar-refractivity contribution in [3.63, 3.8) is 0 Å². The summed E-state index contributed by atoms with van der Waals surface area (Å²) in [5.41, 5.74) is 0. The van der Waals surface area contributed by atoms with Crippen LogP contribution in [0.25, 0.3) is 0 Å². The van der Waals surface area contributed by atoms with Crippen molar-refractivity contribution in [1.29, 1.82) is 0 Å². The Morgan fingerprint density at radius 1 is 1.48 bits per heavy atom. The molecule has 3 rings (SSSR count). The summed E-state index contributed by atoms with van der Waals surface area (Å²) in [6, 6.07) is 1.41. The predicted octanol–water partition coefficient (Wildman–Crippen LogP) is 1.22. The summed E-state index contributed by atoms with van der Waals surface area (Å²) >= 11 is 1.15. The number of nitrogens with zero attached hydrogens (tertiary/aromatic N) is 2. The molecule has 1 saturated heterocycles. The molecule has 2 heterocycles. The van der Waals surface area contributed by atoms with Gasteiger partial charge in [0.25, 0.3) is 0 Å². The van der Waals surface area contributed by atoms with Gasteiger partial charge in [-0.1, -0.05) is 0 Å². The molecule has 3 unspecified atom stereocenters. The van der Waals surface area contributed by atoms with Crippen LogP contribution in [-0.4, -0.2) is 48.0 Å². The number of sulfonamides is 1. The number of methoxy groups -OCH3 is 1. The van der Waals surface area contributed by atoms with Crippen LogP contribution in [-0.2, 0) is 15.8 Å². The Bertz CT molecular complexity index is 601. The molecular formula is C13H20N2O4S2. The fraction of sp³-hybridized carbons (Fsp3) is 0.769. The maximum Gasteiger partial charge on any atom is 0.225 e. The lowest BCUT2D eigenvalue weighted by Gasteiger charge is -2.44. The number of piperidine rings is 1. The van der Waals surface area contributed by atoms with Crippen molar-refractivity contribution in [3.05, 3.63) is 10.9 Å². The third kappa shape index (κ3) is 3.08. The first-order valence-corrected chi connectivity index (χ1v) is 9.55. The molecule has 6 nitrogen and oxygen atoms in total. The quantitative estimate of drug-likeness (QED) is 0.897. The maximum absolute atomic E-state index is 12.7. The Morgan fingerprint density at radius 2 is 2.29 bits per heavy atom. The number of hydrogen-bond acceptors (Lipinski definition) is 6. The van der Waals surface area contributed by atoms with Gasteiger partial charge in [0.1, 0.15) is 5.75 Å². The number of aliphatic hydroxyl groups is 1. The van der Waals surface area contributed by atoms with Gasteiger partial charge < -0.3 is 9.84 Å². The molecule has 3 atom stereocenters. The fourth-order valence-electron chi connectivity index (χ4n) is 3.33. The molecule has 2 bridgehead atoms. The van der Waals surface area contributed by atoms with Crippen LogP contribution >= 0.6 is 11.5 Å². The molecule has 1 aromatic heterocycles. The first kappa shape index (κ1) is 15.2. The van der Waals surface area contributed by atoms with Gasteiger partial charge in [-0.15, -0.1) is 0 Å². The Morgan fingerprint density at radius 3 is 3.00 bits per heavy atom. The molecule has 8 heteroatoms. The summed E-state index contributed by atoms with van der Waals surface area (Å²) in [5, 5.41) is 10.1. The normalized spacial score (nSPS) is 30.3. The number of aromatic nitrogens is 1. The van der Waals surface area contributed by atoms with Crippen molar-refractivity contribution in [2.75, 3.05) is 13.7 Å². The van der Waals surface area contributed by atoms with Crippen LogP contribution in [0.5, 0.6) is 5.88 Å². The molecule has 1 aromatic rings. The van der Waals surface area contributed by atoms with Gasteiger partial charge in [-0.25, -0.2) is 8.42 Å². The molecule has 0 aromatic carbocycles. The highest BCUT2D eigenvalue weighted by molar-refractivity contribution is 7.88. The van der Waals surface area contributed by atoms with Gasteiger partial charge in [-0.3, -0.25) is 0 Å². The minimum Gasteiger partial charge on any atom is -0.480 e. The van der Waals surface area contributed by atoms with Gasteiger partial charge in [0.15, 0.2) is 0 Å². The van der Waals surface area contributed by atoms with E-state index < -0.39 is 16.1 Å². The third-order valence-electron chi connectivity index (χ3n) is 4.45. The highest BCUT2D eigenvalue weighted by Crippen LogP contribution is 2.37. The van der Waals surface area contributed by atoms with Crippen molar-refractivity contribution >= 4 is 21.6 Å². The lowest BCUT2D eigenvalue weighted by molar-refractivity contribution is 0.00975. The molecule has 0 spiro atoms. The van der Waals surface area contributed by atoms with E-state index in [4.69, 9.17) is 4.74 Å². The molecule has 1 saturated carbocycles. The average Bonchev–Trinajstić information content (AvgIpc) is 2.90. The number of fused-ring (bicyclic) bond motifs is 2. The van der Waals surface area contributed by atoms with Crippen molar-refractivity contribution in [2.45, 2.75) is 43.6 Å². The van der Waals surface area contributed by atoms with Crippen LogP contribution in [0.15, 0.2) is 6.07 Å². The third-order valence-corrected chi connectivity index (χ3v) is 7.24. The van der Waals surface area contributed by atoms with Crippen molar-refractivity contribution in [3.8, 4) is 5.88 Å². The highest BCUT2D eigenvalue weighted by Gasteiger charge is 2.42. The Hall–Kier alpha value is -0.700. The van der Waals surface area contributed by atoms with Gasteiger partial charge in [-0.05, 0) is 43.1 Å². The average molecular weight is 332 g/mol. The summed E-state index contributed by atoms with van der Waals surface area (Å²) in [4.78, 5) is 0.666. The zero-order chi connectivity index (χ0) is 15.0. The SMILES string of the molecule is COc1cc(CS(=O)(=O)N2CCC3CCC(O)C2C3)sn1. The predicted molar refractivity (Wildman–Crippen MR) is 79.7 cm³/mol. The van der Waals surface area contributed by atoms with E-state index in [9.17, 15) is 13.5 Å². The van der Waals surface area contributed by atoms with E-state index in [0.717, 1.165) is 30.8 Å². The molecule has 2 aliphatic rings. The number of hydrogen-bond donors (Lipinski definition) is 1. The van der Waals surface area contributed by atoms with E-state index in [0.29, 0.717) is 29.6 Å². The van der Waals surface area contributed by atoms with E-state index >= 15 is 0 Å². The number of rotatable bonds is 4. The van der Waals surface area contributed by atoms with E-state index in [2.05, 4.69) is 4.37 Å². The first-order chi connectivity index (χ1) is 9.99. The van der Waals surface area contributed by atoms with Crippen molar-refractivity contribution < 1.29 is 18.3 Å². The minimum atomic E-state index is -3.43. The first-order valence-electron chi connectivity index (χ1n) is 7.17. The zero-order valence-electron chi connectivity index (χ0n) is 11.9. The van der Waals surface area contributed by atoms with Crippen LogP contribution in [0, 0.1) is 5.92 Å². The molecule has 21 heavy (non-hydrogen) atoms. The van der Waals surface area contributed by atoms with Gasteiger partial charge in [0.2, 0.25) is 15.9 Å². The van der Waals surface area contributed by atoms with Gasteiger partial charge >= 0.3 is 0 Å². The Labute approximate surface area is 128 Å². The summed E-state index contributed by atoms with van der Waals surface area (Å²) in [7, 11) is -1.92. The molecular weight excluding hydrogens is 312 g/mol. The van der Waals surface area contributed by atoms with Crippen LogP contribution in [0.2, 0.25) is 0 Å². The maximum atomic E-state index is 12.7.